The van der Waals surface area contributed by atoms with Gasteiger partial charge in [0.15, 0.2) is 11.5 Å². The first-order valence-electron chi connectivity index (χ1n) is 8.51. The maximum atomic E-state index is 5.22. The zero-order valence-electron chi connectivity index (χ0n) is 14.6. The maximum Gasteiger partial charge on any atom is 0.179 e. The predicted octanol–water partition coefficient (Wildman–Crippen LogP) is 1.76. The van der Waals surface area contributed by atoms with Crippen LogP contribution in [0.3, 0.4) is 0 Å². The van der Waals surface area contributed by atoms with Gasteiger partial charge in [-0.2, -0.15) is 9.61 Å². The van der Waals surface area contributed by atoms with Crippen LogP contribution >= 0.6 is 0 Å². The number of rotatable bonds is 4. The van der Waals surface area contributed by atoms with Gasteiger partial charge in [-0.15, -0.1) is 10.2 Å². The van der Waals surface area contributed by atoms with Crippen molar-refractivity contribution in [1.82, 2.24) is 24.7 Å². The number of aromatic nitrogens is 4. The molecule has 130 valence electrons. The molecule has 1 aromatic carbocycles. The van der Waals surface area contributed by atoms with Crippen molar-refractivity contribution in [3.8, 4) is 5.75 Å². The first-order valence-corrected chi connectivity index (χ1v) is 8.51. The highest BCUT2D eigenvalue weighted by Crippen LogP contribution is 2.19. The lowest BCUT2D eigenvalue weighted by atomic mass is 10.2. The van der Waals surface area contributed by atoms with Crippen molar-refractivity contribution in [1.29, 1.82) is 0 Å². The molecule has 25 heavy (non-hydrogen) atoms. The van der Waals surface area contributed by atoms with Crippen molar-refractivity contribution < 1.29 is 4.74 Å². The normalized spacial score (nSPS) is 15.7. The number of hydrogen-bond donors (Lipinski definition) is 0. The molecule has 4 rings (SSSR count). The molecule has 0 atom stereocenters. The van der Waals surface area contributed by atoms with E-state index in [0.717, 1.165) is 55.6 Å². The number of nitrogens with zero attached hydrogens (tertiary/aromatic N) is 6. The third-order valence-corrected chi connectivity index (χ3v) is 4.71. The van der Waals surface area contributed by atoms with Crippen LogP contribution in [0.15, 0.2) is 36.5 Å². The van der Waals surface area contributed by atoms with E-state index in [4.69, 9.17) is 4.74 Å². The Labute approximate surface area is 146 Å². The fourth-order valence-electron chi connectivity index (χ4n) is 3.22. The summed E-state index contributed by atoms with van der Waals surface area (Å²) in [4.78, 5) is 4.84. The van der Waals surface area contributed by atoms with Crippen LogP contribution in [0.25, 0.3) is 5.65 Å². The topological polar surface area (TPSA) is 58.8 Å². The lowest BCUT2D eigenvalue weighted by Crippen LogP contribution is -2.46. The maximum absolute atomic E-state index is 5.22. The van der Waals surface area contributed by atoms with E-state index in [1.54, 1.807) is 11.6 Å². The fourth-order valence-corrected chi connectivity index (χ4v) is 3.22. The van der Waals surface area contributed by atoms with Gasteiger partial charge < -0.3 is 9.64 Å². The Bertz CT molecular complexity index is 852. The quantitative estimate of drug-likeness (QED) is 0.722. The number of hydrogen-bond acceptors (Lipinski definition) is 6. The third kappa shape index (κ3) is 3.28. The average molecular weight is 338 g/mol. The summed E-state index contributed by atoms with van der Waals surface area (Å²) in [7, 11) is 1.70. The number of piperazine rings is 1. The summed E-state index contributed by atoms with van der Waals surface area (Å²) in [6, 6.07) is 10.4. The second-order valence-corrected chi connectivity index (χ2v) is 6.34. The van der Waals surface area contributed by atoms with Crippen LogP contribution in [0.4, 0.5) is 5.69 Å². The summed E-state index contributed by atoms with van der Waals surface area (Å²) in [5, 5.41) is 12.7. The number of anilines is 1. The highest BCUT2D eigenvalue weighted by Gasteiger charge is 2.18. The van der Waals surface area contributed by atoms with Gasteiger partial charge in [-0.05, 0) is 24.6 Å². The smallest absolute Gasteiger partial charge is 0.179 e. The van der Waals surface area contributed by atoms with Crippen LogP contribution in [0, 0.1) is 6.92 Å². The number of aryl methyl sites for hydroxylation is 1. The van der Waals surface area contributed by atoms with Gasteiger partial charge >= 0.3 is 0 Å². The molecule has 1 fully saturated rings. The minimum absolute atomic E-state index is 0.802. The largest absolute Gasteiger partial charge is 0.497 e. The Kier molecular flexibility index (Phi) is 4.23. The molecular weight excluding hydrogens is 316 g/mol. The van der Waals surface area contributed by atoms with Crippen molar-refractivity contribution >= 4 is 11.3 Å². The molecule has 0 radical (unpaired) electrons. The minimum Gasteiger partial charge on any atom is -0.497 e. The summed E-state index contributed by atoms with van der Waals surface area (Å²) in [6.07, 6.45) is 1.91. The SMILES string of the molecule is COc1ccc(CN2CCN(c3cnn4c(C)nnc4c3)CC2)cc1. The predicted molar refractivity (Wildman–Crippen MR) is 96.0 cm³/mol. The molecule has 7 heteroatoms. The first-order chi connectivity index (χ1) is 12.2. The van der Waals surface area contributed by atoms with E-state index >= 15 is 0 Å². The molecule has 0 saturated carbocycles. The van der Waals surface area contributed by atoms with Crippen LogP contribution in [-0.4, -0.2) is 58.0 Å². The summed E-state index contributed by atoms with van der Waals surface area (Å²) in [5.41, 5.74) is 3.23. The summed E-state index contributed by atoms with van der Waals surface area (Å²) in [6.45, 7) is 6.91. The van der Waals surface area contributed by atoms with Gasteiger partial charge in [0.25, 0.3) is 0 Å². The molecule has 3 heterocycles. The number of ether oxygens (including phenoxy) is 1. The van der Waals surface area contributed by atoms with E-state index < -0.39 is 0 Å². The van der Waals surface area contributed by atoms with Crippen LogP contribution in [0.2, 0.25) is 0 Å². The molecule has 1 aliphatic rings. The molecule has 2 aromatic heterocycles. The van der Waals surface area contributed by atoms with Crippen molar-refractivity contribution in [2.75, 3.05) is 38.2 Å². The molecule has 0 spiro atoms. The highest BCUT2D eigenvalue weighted by atomic mass is 16.5. The van der Waals surface area contributed by atoms with Crippen LogP contribution in [0.1, 0.15) is 11.4 Å². The Morgan fingerprint density at radius 3 is 2.52 bits per heavy atom. The number of benzene rings is 1. The zero-order valence-corrected chi connectivity index (χ0v) is 14.6. The van der Waals surface area contributed by atoms with Gasteiger partial charge in [-0.3, -0.25) is 4.90 Å². The molecule has 7 nitrogen and oxygen atoms in total. The van der Waals surface area contributed by atoms with Crippen molar-refractivity contribution in [2.24, 2.45) is 0 Å². The fraction of sp³-hybridized carbons (Fsp3) is 0.389. The first kappa shape index (κ1) is 15.8. The highest BCUT2D eigenvalue weighted by molar-refractivity contribution is 5.54. The molecular formula is C18H22N6O. The third-order valence-electron chi connectivity index (χ3n) is 4.71. The monoisotopic (exact) mass is 338 g/mol. The molecule has 0 unspecified atom stereocenters. The van der Waals surface area contributed by atoms with Gasteiger partial charge in [-0.1, -0.05) is 12.1 Å². The Balaban J connectivity index is 1.38. The van der Waals surface area contributed by atoms with Gasteiger partial charge in [0.1, 0.15) is 5.75 Å². The molecule has 0 bridgehead atoms. The van der Waals surface area contributed by atoms with Crippen molar-refractivity contribution in [3.05, 3.63) is 47.9 Å². The van der Waals surface area contributed by atoms with Gasteiger partial charge in [0.2, 0.25) is 0 Å². The summed E-state index contributed by atoms with van der Waals surface area (Å²) < 4.78 is 6.98. The average Bonchev–Trinajstić information content (AvgIpc) is 3.03. The molecule has 0 N–H and O–H groups in total. The Morgan fingerprint density at radius 2 is 1.80 bits per heavy atom. The lowest BCUT2D eigenvalue weighted by molar-refractivity contribution is 0.249. The van der Waals surface area contributed by atoms with Crippen LogP contribution in [-0.2, 0) is 6.54 Å². The van der Waals surface area contributed by atoms with E-state index in [1.165, 1.54) is 5.56 Å². The second kappa shape index (κ2) is 6.68. The van der Waals surface area contributed by atoms with Crippen LogP contribution in [0.5, 0.6) is 5.75 Å². The minimum atomic E-state index is 0.802. The van der Waals surface area contributed by atoms with Gasteiger partial charge in [-0.25, -0.2) is 0 Å². The van der Waals surface area contributed by atoms with Gasteiger partial charge in [0.05, 0.1) is 19.0 Å². The lowest BCUT2D eigenvalue weighted by Gasteiger charge is -2.35. The molecule has 0 amide bonds. The molecule has 1 aliphatic heterocycles. The molecule has 1 saturated heterocycles. The number of fused-ring (bicyclic) bond motifs is 1. The second-order valence-electron chi connectivity index (χ2n) is 6.34. The zero-order chi connectivity index (χ0) is 17.2. The van der Waals surface area contributed by atoms with E-state index in [9.17, 15) is 0 Å². The van der Waals surface area contributed by atoms with Crippen LogP contribution < -0.4 is 9.64 Å². The van der Waals surface area contributed by atoms with E-state index in [1.807, 2.05) is 25.3 Å². The Hall–Kier alpha value is -2.67. The molecule has 0 aliphatic carbocycles. The van der Waals surface area contributed by atoms with E-state index in [-0.39, 0.29) is 0 Å². The van der Waals surface area contributed by atoms with Crippen molar-refractivity contribution in [2.45, 2.75) is 13.5 Å². The summed E-state index contributed by atoms with van der Waals surface area (Å²) in [5.74, 6) is 1.71. The van der Waals surface area contributed by atoms with E-state index in [0.29, 0.717) is 0 Å². The van der Waals surface area contributed by atoms with Crippen molar-refractivity contribution in [3.63, 3.8) is 0 Å². The molecule has 3 aromatic rings. The van der Waals surface area contributed by atoms with E-state index in [2.05, 4.69) is 43.3 Å². The Morgan fingerprint density at radius 1 is 1.04 bits per heavy atom. The number of methoxy groups -OCH3 is 1. The van der Waals surface area contributed by atoms with Gasteiger partial charge in [0, 0.05) is 38.8 Å². The summed E-state index contributed by atoms with van der Waals surface area (Å²) >= 11 is 0. The standard InChI is InChI=1S/C18H22N6O/c1-14-20-21-18-11-16(12-19-24(14)18)23-9-7-22(8-10-23)13-15-3-5-17(25-2)6-4-15/h3-6,11-12H,7-10,13H2,1-2H3.